The van der Waals surface area contributed by atoms with E-state index in [1.54, 1.807) is 0 Å². The second kappa shape index (κ2) is 2.62. The number of nitrogens with two attached hydrogens (primary N) is 1. The van der Waals surface area contributed by atoms with Crippen LogP contribution in [0.2, 0.25) is 5.15 Å². The SMILES string of the molecule is Nc1cc(C=O)c(Cl)nn1. The third-order valence-corrected chi connectivity index (χ3v) is 1.22. The highest BCUT2D eigenvalue weighted by atomic mass is 35.5. The Kier molecular flexibility index (Phi) is 1.82. The lowest BCUT2D eigenvalue weighted by molar-refractivity contribution is 0.112. The minimum absolute atomic E-state index is 0.0733. The van der Waals surface area contributed by atoms with Crippen LogP contribution in [-0.2, 0) is 0 Å². The maximum atomic E-state index is 10.2. The molecule has 0 amide bonds. The average molecular weight is 158 g/mol. The van der Waals surface area contributed by atoms with E-state index in [0.717, 1.165) is 0 Å². The third kappa shape index (κ3) is 1.22. The molecule has 0 saturated heterocycles. The Morgan fingerprint density at radius 2 is 2.30 bits per heavy atom. The predicted molar refractivity (Wildman–Crippen MR) is 36.8 cm³/mol. The summed E-state index contributed by atoms with van der Waals surface area (Å²) in [6.07, 6.45) is 0.577. The van der Waals surface area contributed by atoms with E-state index in [4.69, 9.17) is 17.3 Å². The first-order valence-electron chi connectivity index (χ1n) is 2.48. The zero-order chi connectivity index (χ0) is 7.56. The van der Waals surface area contributed by atoms with E-state index in [9.17, 15) is 4.79 Å². The summed E-state index contributed by atoms with van der Waals surface area (Å²) in [4.78, 5) is 10.2. The van der Waals surface area contributed by atoms with Gasteiger partial charge < -0.3 is 5.73 Å². The Balaban J connectivity index is 3.21. The Labute approximate surface area is 62.0 Å². The van der Waals surface area contributed by atoms with Crippen molar-refractivity contribution in [3.63, 3.8) is 0 Å². The molecule has 0 unspecified atom stereocenters. The molecule has 0 aliphatic heterocycles. The first-order chi connectivity index (χ1) is 4.74. The van der Waals surface area contributed by atoms with Crippen LogP contribution in [0.5, 0.6) is 0 Å². The zero-order valence-electron chi connectivity index (χ0n) is 4.91. The largest absolute Gasteiger partial charge is 0.382 e. The number of halogens is 1. The minimum atomic E-state index is 0.0733. The van der Waals surface area contributed by atoms with E-state index in [1.807, 2.05) is 0 Å². The number of nitrogens with zero attached hydrogens (tertiary/aromatic N) is 2. The Morgan fingerprint density at radius 1 is 1.60 bits per heavy atom. The van der Waals surface area contributed by atoms with Crippen LogP contribution in [0, 0.1) is 0 Å². The summed E-state index contributed by atoms with van der Waals surface area (Å²) in [7, 11) is 0. The third-order valence-electron chi connectivity index (χ3n) is 0.922. The highest BCUT2D eigenvalue weighted by molar-refractivity contribution is 6.31. The van der Waals surface area contributed by atoms with Gasteiger partial charge in [0, 0.05) is 0 Å². The van der Waals surface area contributed by atoms with Crippen LogP contribution >= 0.6 is 11.6 Å². The molecule has 0 bridgehead atoms. The fraction of sp³-hybridized carbons (Fsp3) is 0. The molecule has 10 heavy (non-hydrogen) atoms. The smallest absolute Gasteiger partial charge is 0.162 e. The molecule has 0 aliphatic carbocycles. The summed E-state index contributed by atoms with van der Waals surface area (Å²) >= 11 is 5.44. The molecule has 52 valence electrons. The number of carbonyl (C=O) groups excluding carboxylic acids is 1. The van der Waals surface area contributed by atoms with E-state index < -0.39 is 0 Å². The lowest BCUT2D eigenvalue weighted by atomic mass is 10.3. The monoisotopic (exact) mass is 157 g/mol. The molecule has 0 aromatic carbocycles. The van der Waals surface area contributed by atoms with Crippen molar-refractivity contribution < 1.29 is 4.79 Å². The summed E-state index contributed by atoms with van der Waals surface area (Å²) < 4.78 is 0. The maximum absolute atomic E-state index is 10.2. The number of aromatic nitrogens is 2. The van der Waals surface area contributed by atoms with Gasteiger partial charge >= 0.3 is 0 Å². The molecule has 1 heterocycles. The molecule has 0 spiro atoms. The summed E-state index contributed by atoms with van der Waals surface area (Å²) in [6, 6.07) is 1.36. The molecule has 1 aromatic rings. The summed E-state index contributed by atoms with van der Waals surface area (Å²) in [5.41, 5.74) is 5.47. The van der Waals surface area contributed by atoms with E-state index in [2.05, 4.69) is 10.2 Å². The van der Waals surface area contributed by atoms with Gasteiger partial charge in [0.25, 0.3) is 0 Å². The van der Waals surface area contributed by atoms with E-state index in [1.165, 1.54) is 6.07 Å². The first-order valence-corrected chi connectivity index (χ1v) is 2.85. The summed E-state index contributed by atoms with van der Waals surface area (Å²) in [5.74, 6) is 0.187. The van der Waals surface area contributed by atoms with Crippen molar-refractivity contribution in [2.45, 2.75) is 0 Å². The van der Waals surface area contributed by atoms with Crippen LogP contribution in [0.3, 0.4) is 0 Å². The number of nitrogen functional groups attached to an aromatic ring is 1. The van der Waals surface area contributed by atoms with E-state index in [-0.39, 0.29) is 16.5 Å². The van der Waals surface area contributed by atoms with Gasteiger partial charge in [0.1, 0.15) is 5.82 Å². The van der Waals surface area contributed by atoms with Gasteiger partial charge in [-0.15, -0.1) is 10.2 Å². The van der Waals surface area contributed by atoms with Crippen molar-refractivity contribution in [1.82, 2.24) is 10.2 Å². The van der Waals surface area contributed by atoms with Crippen LogP contribution < -0.4 is 5.73 Å². The van der Waals surface area contributed by atoms with Crippen molar-refractivity contribution in [3.8, 4) is 0 Å². The van der Waals surface area contributed by atoms with Gasteiger partial charge in [-0.3, -0.25) is 4.79 Å². The van der Waals surface area contributed by atoms with Gasteiger partial charge in [0.15, 0.2) is 11.4 Å². The van der Waals surface area contributed by atoms with Crippen molar-refractivity contribution in [1.29, 1.82) is 0 Å². The molecule has 1 aromatic heterocycles. The van der Waals surface area contributed by atoms with E-state index >= 15 is 0 Å². The molecule has 4 nitrogen and oxygen atoms in total. The van der Waals surface area contributed by atoms with Gasteiger partial charge in [-0.2, -0.15) is 0 Å². The second-order valence-electron chi connectivity index (χ2n) is 1.63. The molecule has 0 aliphatic rings. The number of hydrogen-bond acceptors (Lipinski definition) is 4. The van der Waals surface area contributed by atoms with Crippen LogP contribution in [0.4, 0.5) is 5.82 Å². The maximum Gasteiger partial charge on any atom is 0.162 e. The molecule has 1 rings (SSSR count). The number of carbonyl (C=O) groups is 1. The van der Waals surface area contributed by atoms with Gasteiger partial charge in [-0.1, -0.05) is 11.6 Å². The molecule has 0 fully saturated rings. The molecular weight excluding hydrogens is 154 g/mol. The van der Waals surface area contributed by atoms with Crippen LogP contribution in [0.1, 0.15) is 10.4 Å². The highest BCUT2D eigenvalue weighted by Crippen LogP contribution is 2.09. The normalized spacial score (nSPS) is 9.30. The molecule has 0 saturated carbocycles. The first kappa shape index (κ1) is 6.95. The number of anilines is 1. The van der Waals surface area contributed by atoms with Crippen molar-refractivity contribution >= 4 is 23.7 Å². The number of hydrogen-bond donors (Lipinski definition) is 1. The van der Waals surface area contributed by atoms with Gasteiger partial charge in [0.2, 0.25) is 0 Å². The molecule has 0 atom stereocenters. The van der Waals surface area contributed by atoms with Gasteiger partial charge in [-0.25, -0.2) is 0 Å². The van der Waals surface area contributed by atoms with Crippen LogP contribution in [0.15, 0.2) is 6.07 Å². The van der Waals surface area contributed by atoms with Crippen LogP contribution in [-0.4, -0.2) is 16.5 Å². The number of rotatable bonds is 1. The van der Waals surface area contributed by atoms with Crippen LogP contribution in [0.25, 0.3) is 0 Å². The van der Waals surface area contributed by atoms with Crippen molar-refractivity contribution in [2.75, 3.05) is 5.73 Å². The predicted octanol–water partition coefficient (Wildman–Crippen LogP) is 0.525. The average Bonchev–Trinajstić information content (AvgIpc) is 1.94. The fourth-order valence-electron chi connectivity index (χ4n) is 0.490. The van der Waals surface area contributed by atoms with E-state index in [0.29, 0.717) is 6.29 Å². The van der Waals surface area contributed by atoms with Crippen molar-refractivity contribution in [2.24, 2.45) is 0 Å². The standard InChI is InChI=1S/C5H4ClN3O/c6-5-3(2-10)1-4(7)8-9-5/h1-2H,(H2,7,8). The molecule has 2 N–H and O–H groups in total. The zero-order valence-corrected chi connectivity index (χ0v) is 5.67. The molecule has 0 radical (unpaired) electrons. The fourth-order valence-corrected chi connectivity index (χ4v) is 0.627. The van der Waals surface area contributed by atoms with Gasteiger partial charge in [-0.05, 0) is 6.07 Å². The van der Waals surface area contributed by atoms with Gasteiger partial charge in [0.05, 0.1) is 5.56 Å². The number of aldehydes is 1. The topological polar surface area (TPSA) is 68.9 Å². The lowest BCUT2D eigenvalue weighted by Crippen LogP contribution is -1.96. The lowest BCUT2D eigenvalue weighted by Gasteiger charge is -1.92. The Bertz CT molecular complexity index is 263. The second-order valence-corrected chi connectivity index (χ2v) is 1.99. The highest BCUT2D eigenvalue weighted by Gasteiger charge is 2.00. The Morgan fingerprint density at radius 3 is 2.80 bits per heavy atom. The molecular formula is C5H4ClN3O. The molecule has 5 heteroatoms. The Hall–Kier alpha value is -1.16. The summed E-state index contributed by atoms with van der Waals surface area (Å²) in [5, 5.41) is 6.91. The van der Waals surface area contributed by atoms with Crippen molar-refractivity contribution in [3.05, 3.63) is 16.8 Å². The summed E-state index contributed by atoms with van der Waals surface area (Å²) in [6.45, 7) is 0. The quantitative estimate of drug-likeness (QED) is 0.604. The minimum Gasteiger partial charge on any atom is -0.382 e.